The molecule has 0 spiro atoms. The van der Waals surface area contributed by atoms with Crippen LogP contribution in [0.5, 0.6) is 0 Å². The Morgan fingerprint density at radius 1 is 1.45 bits per heavy atom. The third-order valence-electron chi connectivity index (χ3n) is 3.40. The molecule has 7 heteroatoms. The molecule has 1 aliphatic rings. The topological polar surface area (TPSA) is 72.3 Å². The van der Waals surface area contributed by atoms with Crippen LogP contribution in [0.1, 0.15) is 26.8 Å². The number of nitrogens with one attached hydrogen (secondary N) is 1. The Morgan fingerprint density at radius 3 is 2.75 bits per heavy atom. The molecule has 2 heterocycles. The average Bonchev–Trinajstić information content (AvgIpc) is 2.91. The maximum Gasteiger partial charge on any atom is 0.245 e. The lowest BCUT2D eigenvalue weighted by Gasteiger charge is -2.35. The van der Waals surface area contributed by atoms with E-state index in [1.54, 1.807) is 11.0 Å². The largest absolute Gasteiger partial charge is 0.379 e. The molecule has 0 bridgehead atoms. The van der Waals surface area contributed by atoms with Crippen LogP contribution in [-0.2, 0) is 9.53 Å². The highest BCUT2D eigenvalue weighted by Crippen LogP contribution is 2.11. The molecular weight excluding hydrogens is 258 g/mol. The summed E-state index contributed by atoms with van der Waals surface area (Å²) in [6.45, 7) is 10.1. The van der Waals surface area contributed by atoms with Crippen LogP contribution in [-0.4, -0.2) is 64.0 Å². The Bertz CT molecular complexity index is 426. The van der Waals surface area contributed by atoms with E-state index in [1.165, 1.54) is 6.33 Å². The zero-order valence-electron chi connectivity index (χ0n) is 12.4. The Hall–Kier alpha value is -1.47. The molecule has 1 aliphatic heterocycles. The second-order valence-electron chi connectivity index (χ2n) is 5.81. The van der Waals surface area contributed by atoms with Crippen LogP contribution in [0.3, 0.4) is 0 Å². The van der Waals surface area contributed by atoms with E-state index in [9.17, 15) is 4.79 Å². The fourth-order valence-corrected chi connectivity index (χ4v) is 2.33. The van der Waals surface area contributed by atoms with Crippen LogP contribution in [0.2, 0.25) is 0 Å². The van der Waals surface area contributed by atoms with Gasteiger partial charge >= 0.3 is 0 Å². The van der Waals surface area contributed by atoms with Gasteiger partial charge in [-0.1, -0.05) is 0 Å². The molecule has 2 rings (SSSR count). The first-order chi connectivity index (χ1) is 9.48. The summed E-state index contributed by atoms with van der Waals surface area (Å²) in [5.41, 5.74) is -0.288. The predicted octanol–water partition coefficient (Wildman–Crippen LogP) is 0.0661. The van der Waals surface area contributed by atoms with Gasteiger partial charge in [-0.25, -0.2) is 9.67 Å². The molecule has 0 radical (unpaired) electrons. The van der Waals surface area contributed by atoms with Crippen LogP contribution < -0.4 is 5.32 Å². The van der Waals surface area contributed by atoms with Gasteiger partial charge in [-0.15, -0.1) is 0 Å². The number of nitrogens with zero attached hydrogens (tertiary/aromatic N) is 4. The van der Waals surface area contributed by atoms with Crippen molar-refractivity contribution in [3.8, 4) is 0 Å². The van der Waals surface area contributed by atoms with E-state index in [1.807, 2.05) is 20.8 Å². The summed E-state index contributed by atoms with van der Waals surface area (Å²) in [5.74, 6) is -0.0474. The number of carbonyl (C=O) groups is 1. The van der Waals surface area contributed by atoms with Crippen molar-refractivity contribution in [2.75, 3.05) is 32.8 Å². The zero-order chi connectivity index (χ0) is 14.6. The maximum atomic E-state index is 12.3. The second-order valence-corrected chi connectivity index (χ2v) is 5.81. The Kier molecular flexibility index (Phi) is 4.72. The van der Waals surface area contributed by atoms with Crippen molar-refractivity contribution in [3.05, 3.63) is 12.7 Å². The summed E-state index contributed by atoms with van der Waals surface area (Å²) in [7, 11) is 0. The molecule has 1 aromatic heterocycles. The van der Waals surface area contributed by atoms with Crippen LogP contribution >= 0.6 is 0 Å². The van der Waals surface area contributed by atoms with Gasteiger partial charge in [0.25, 0.3) is 0 Å². The predicted molar refractivity (Wildman–Crippen MR) is 74.2 cm³/mol. The van der Waals surface area contributed by atoms with Crippen molar-refractivity contribution >= 4 is 5.91 Å². The monoisotopic (exact) mass is 281 g/mol. The maximum absolute atomic E-state index is 12.3. The zero-order valence-corrected chi connectivity index (χ0v) is 12.4. The number of morpholine rings is 1. The number of amides is 1. The van der Waals surface area contributed by atoms with Gasteiger partial charge in [0.2, 0.25) is 5.91 Å². The quantitative estimate of drug-likeness (QED) is 0.826. The number of rotatable bonds is 5. The highest BCUT2D eigenvalue weighted by molar-refractivity contribution is 5.80. The van der Waals surface area contributed by atoms with Gasteiger partial charge in [-0.3, -0.25) is 9.69 Å². The molecule has 112 valence electrons. The number of aromatic nitrogens is 3. The first kappa shape index (κ1) is 14.9. The van der Waals surface area contributed by atoms with Gasteiger partial charge in [0, 0.05) is 25.2 Å². The van der Waals surface area contributed by atoms with Gasteiger partial charge in [-0.2, -0.15) is 5.10 Å². The highest BCUT2D eigenvalue weighted by atomic mass is 16.5. The molecule has 1 saturated heterocycles. The van der Waals surface area contributed by atoms with Crippen molar-refractivity contribution in [2.24, 2.45) is 0 Å². The van der Waals surface area contributed by atoms with Gasteiger partial charge in [-0.05, 0) is 20.8 Å². The van der Waals surface area contributed by atoms with E-state index >= 15 is 0 Å². The van der Waals surface area contributed by atoms with Crippen LogP contribution in [0, 0.1) is 0 Å². The first-order valence-corrected chi connectivity index (χ1v) is 6.94. The minimum atomic E-state index is -0.360. The van der Waals surface area contributed by atoms with E-state index in [0.29, 0.717) is 0 Å². The van der Waals surface area contributed by atoms with Gasteiger partial charge in [0.05, 0.1) is 13.2 Å². The summed E-state index contributed by atoms with van der Waals surface area (Å²) in [4.78, 5) is 18.4. The Labute approximate surface area is 119 Å². The molecule has 20 heavy (non-hydrogen) atoms. The molecular formula is C13H23N5O2. The van der Waals surface area contributed by atoms with E-state index in [0.717, 1.165) is 32.8 Å². The summed E-state index contributed by atoms with van der Waals surface area (Å²) >= 11 is 0. The third kappa shape index (κ3) is 4.01. The lowest BCUT2D eigenvalue weighted by Crippen LogP contribution is -2.54. The molecule has 0 aliphatic carbocycles. The lowest BCUT2D eigenvalue weighted by atomic mass is 10.0. The van der Waals surface area contributed by atoms with E-state index in [4.69, 9.17) is 4.74 Å². The molecule has 0 saturated carbocycles. The molecule has 1 fully saturated rings. The van der Waals surface area contributed by atoms with E-state index in [-0.39, 0.29) is 17.5 Å². The van der Waals surface area contributed by atoms with Crippen molar-refractivity contribution in [3.63, 3.8) is 0 Å². The highest BCUT2D eigenvalue weighted by Gasteiger charge is 2.27. The lowest BCUT2D eigenvalue weighted by molar-refractivity contribution is -0.126. The van der Waals surface area contributed by atoms with Gasteiger partial charge < -0.3 is 10.1 Å². The van der Waals surface area contributed by atoms with Gasteiger partial charge in [0.1, 0.15) is 18.7 Å². The number of hydrogen-bond donors (Lipinski definition) is 1. The van der Waals surface area contributed by atoms with Crippen molar-refractivity contribution in [2.45, 2.75) is 32.4 Å². The molecule has 1 atom stereocenters. The first-order valence-electron chi connectivity index (χ1n) is 6.94. The minimum Gasteiger partial charge on any atom is -0.379 e. The van der Waals surface area contributed by atoms with Crippen molar-refractivity contribution < 1.29 is 9.53 Å². The number of carbonyl (C=O) groups excluding carboxylic acids is 1. The van der Waals surface area contributed by atoms with Crippen LogP contribution in [0.25, 0.3) is 0 Å². The summed E-state index contributed by atoms with van der Waals surface area (Å²) in [6, 6.07) is -0.360. The molecule has 1 aromatic rings. The third-order valence-corrected chi connectivity index (χ3v) is 3.40. The Morgan fingerprint density at radius 2 is 2.15 bits per heavy atom. The molecule has 0 aromatic carbocycles. The normalized spacial score (nSPS) is 18.8. The second kappa shape index (κ2) is 6.32. The molecule has 1 amide bonds. The fraction of sp³-hybridized carbons (Fsp3) is 0.769. The molecule has 1 N–H and O–H groups in total. The van der Waals surface area contributed by atoms with Gasteiger partial charge in [0.15, 0.2) is 0 Å². The summed E-state index contributed by atoms with van der Waals surface area (Å²) in [6.07, 6.45) is 2.99. The smallest absolute Gasteiger partial charge is 0.245 e. The number of hydrogen-bond acceptors (Lipinski definition) is 5. The molecule has 1 unspecified atom stereocenters. The minimum absolute atomic E-state index is 0.0474. The van der Waals surface area contributed by atoms with E-state index in [2.05, 4.69) is 20.3 Å². The summed E-state index contributed by atoms with van der Waals surface area (Å²) in [5, 5.41) is 7.08. The SMILES string of the molecule is CC(C(=O)NC(C)(C)CN1CCOCC1)n1cncn1. The standard InChI is InChI=1S/C13H23N5O2/c1-11(18-10-14-9-15-18)12(19)16-13(2,3)8-17-4-6-20-7-5-17/h9-11H,4-8H2,1-3H3,(H,16,19). The number of ether oxygens (including phenoxy) is 1. The fourth-order valence-electron chi connectivity index (χ4n) is 2.33. The summed E-state index contributed by atoms with van der Waals surface area (Å²) < 4.78 is 6.89. The molecule has 7 nitrogen and oxygen atoms in total. The van der Waals surface area contributed by atoms with E-state index < -0.39 is 0 Å². The van der Waals surface area contributed by atoms with Crippen molar-refractivity contribution in [1.82, 2.24) is 25.0 Å². The van der Waals surface area contributed by atoms with Crippen LogP contribution in [0.4, 0.5) is 0 Å². The Balaban J connectivity index is 1.88. The average molecular weight is 281 g/mol. The van der Waals surface area contributed by atoms with Crippen molar-refractivity contribution in [1.29, 1.82) is 0 Å². The van der Waals surface area contributed by atoms with Crippen LogP contribution in [0.15, 0.2) is 12.7 Å².